The van der Waals surface area contributed by atoms with Gasteiger partial charge in [0, 0.05) is 13.1 Å². The number of hydrogen-bond donors (Lipinski definition) is 2. The van der Waals surface area contributed by atoms with Crippen molar-refractivity contribution in [2.45, 2.75) is 13.1 Å². The van der Waals surface area contributed by atoms with E-state index in [9.17, 15) is 22.8 Å². The SMILES string of the molecule is CC(=O)Nc1ccccc1C(=O)Nc1ccc(C(F)(F)F)cn1. The summed E-state index contributed by atoms with van der Waals surface area (Å²) < 4.78 is 37.4. The molecule has 2 N–H and O–H groups in total. The number of pyridine rings is 1. The number of alkyl halides is 3. The largest absolute Gasteiger partial charge is 0.417 e. The van der Waals surface area contributed by atoms with E-state index < -0.39 is 17.6 Å². The van der Waals surface area contributed by atoms with Crippen LogP contribution in [0.5, 0.6) is 0 Å². The minimum Gasteiger partial charge on any atom is -0.326 e. The molecule has 0 bridgehead atoms. The molecular weight excluding hydrogens is 311 g/mol. The van der Waals surface area contributed by atoms with Crippen LogP contribution in [0, 0.1) is 0 Å². The summed E-state index contributed by atoms with van der Waals surface area (Å²) in [5.74, 6) is -0.972. The number of nitrogens with one attached hydrogen (secondary N) is 2. The molecule has 0 aliphatic carbocycles. The molecule has 120 valence electrons. The Morgan fingerprint density at radius 3 is 2.30 bits per heavy atom. The van der Waals surface area contributed by atoms with Gasteiger partial charge in [-0.15, -0.1) is 0 Å². The Morgan fingerprint density at radius 2 is 1.74 bits per heavy atom. The molecular formula is C15H12F3N3O2. The van der Waals surface area contributed by atoms with E-state index in [1.54, 1.807) is 12.1 Å². The fraction of sp³-hybridized carbons (Fsp3) is 0.133. The molecule has 1 aromatic carbocycles. The maximum Gasteiger partial charge on any atom is 0.417 e. The molecule has 0 unspecified atom stereocenters. The van der Waals surface area contributed by atoms with Crippen LogP contribution in [0.15, 0.2) is 42.6 Å². The number of nitrogens with zero attached hydrogens (tertiary/aromatic N) is 1. The van der Waals surface area contributed by atoms with Gasteiger partial charge in [0.2, 0.25) is 5.91 Å². The lowest BCUT2D eigenvalue weighted by Gasteiger charge is -2.11. The highest BCUT2D eigenvalue weighted by atomic mass is 19.4. The van der Waals surface area contributed by atoms with Gasteiger partial charge >= 0.3 is 6.18 Å². The van der Waals surface area contributed by atoms with Crippen molar-refractivity contribution in [3.05, 3.63) is 53.7 Å². The molecule has 2 aromatic rings. The Labute approximate surface area is 129 Å². The summed E-state index contributed by atoms with van der Waals surface area (Å²) in [5, 5.41) is 4.88. The normalized spacial score (nSPS) is 11.0. The quantitative estimate of drug-likeness (QED) is 0.910. The van der Waals surface area contributed by atoms with E-state index in [0.717, 1.165) is 12.1 Å². The molecule has 1 aromatic heterocycles. The molecule has 0 atom stereocenters. The third-order valence-corrected chi connectivity index (χ3v) is 2.81. The average Bonchev–Trinajstić information content (AvgIpc) is 2.46. The van der Waals surface area contributed by atoms with Crippen molar-refractivity contribution < 1.29 is 22.8 Å². The summed E-state index contributed by atoms with van der Waals surface area (Å²) in [7, 11) is 0. The van der Waals surface area contributed by atoms with Crippen LogP contribution in [-0.2, 0) is 11.0 Å². The van der Waals surface area contributed by atoms with Crippen LogP contribution in [0.1, 0.15) is 22.8 Å². The second kappa shape index (κ2) is 6.47. The smallest absolute Gasteiger partial charge is 0.326 e. The second-order valence-corrected chi connectivity index (χ2v) is 4.61. The summed E-state index contributed by atoms with van der Waals surface area (Å²) in [6, 6.07) is 8.13. The van der Waals surface area contributed by atoms with Gasteiger partial charge in [0.25, 0.3) is 5.91 Å². The van der Waals surface area contributed by atoms with Crippen LogP contribution in [0.3, 0.4) is 0 Å². The highest BCUT2D eigenvalue weighted by Crippen LogP contribution is 2.29. The number of carbonyl (C=O) groups excluding carboxylic acids is 2. The molecule has 0 saturated heterocycles. The summed E-state index contributed by atoms with van der Waals surface area (Å²) in [6.07, 6.45) is -3.86. The molecule has 1 heterocycles. The van der Waals surface area contributed by atoms with Crippen molar-refractivity contribution in [3.8, 4) is 0 Å². The molecule has 23 heavy (non-hydrogen) atoms. The van der Waals surface area contributed by atoms with Crippen LogP contribution in [-0.4, -0.2) is 16.8 Å². The number of carbonyl (C=O) groups is 2. The summed E-state index contributed by atoms with van der Waals surface area (Å²) >= 11 is 0. The lowest BCUT2D eigenvalue weighted by Crippen LogP contribution is -2.17. The Kier molecular flexibility index (Phi) is 4.63. The van der Waals surface area contributed by atoms with Crippen molar-refractivity contribution in [2.24, 2.45) is 0 Å². The van der Waals surface area contributed by atoms with Crippen molar-refractivity contribution >= 4 is 23.3 Å². The third kappa shape index (κ3) is 4.29. The predicted octanol–water partition coefficient (Wildman–Crippen LogP) is 3.31. The van der Waals surface area contributed by atoms with Crippen LogP contribution in [0.4, 0.5) is 24.7 Å². The van der Waals surface area contributed by atoms with Gasteiger partial charge in [-0.2, -0.15) is 13.2 Å². The van der Waals surface area contributed by atoms with Crippen LogP contribution < -0.4 is 10.6 Å². The first-order valence-corrected chi connectivity index (χ1v) is 6.48. The van der Waals surface area contributed by atoms with E-state index in [-0.39, 0.29) is 17.3 Å². The van der Waals surface area contributed by atoms with Gasteiger partial charge in [0.15, 0.2) is 0 Å². The van der Waals surface area contributed by atoms with E-state index in [4.69, 9.17) is 0 Å². The molecule has 5 nitrogen and oxygen atoms in total. The average molecular weight is 323 g/mol. The van der Waals surface area contributed by atoms with Crippen molar-refractivity contribution in [3.63, 3.8) is 0 Å². The molecule has 0 fully saturated rings. The number of anilines is 2. The lowest BCUT2D eigenvalue weighted by molar-refractivity contribution is -0.137. The van der Waals surface area contributed by atoms with Crippen LogP contribution in [0.25, 0.3) is 0 Å². The zero-order chi connectivity index (χ0) is 17.0. The molecule has 2 rings (SSSR count). The Balaban J connectivity index is 2.18. The highest BCUT2D eigenvalue weighted by Gasteiger charge is 2.30. The maximum absolute atomic E-state index is 12.5. The fourth-order valence-corrected chi connectivity index (χ4v) is 1.80. The Morgan fingerprint density at radius 1 is 1.04 bits per heavy atom. The maximum atomic E-state index is 12.5. The van der Waals surface area contributed by atoms with Crippen LogP contribution in [0.2, 0.25) is 0 Å². The summed E-state index contributed by atoms with van der Waals surface area (Å²) in [5.41, 5.74) is -0.442. The Bertz CT molecular complexity index is 727. The van der Waals surface area contributed by atoms with Gasteiger partial charge in [-0.25, -0.2) is 4.98 Å². The van der Waals surface area contributed by atoms with E-state index in [1.807, 2.05) is 0 Å². The number of aromatic nitrogens is 1. The number of benzene rings is 1. The standard InChI is InChI=1S/C15H12F3N3O2/c1-9(22)20-12-5-3-2-4-11(12)14(23)21-13-7-6-10(8-19-13)15(16,17)18/h2-8H,1H3,(H,20,22)(H,19,21,23). The minimum atomic E-state index is -4.49. The van der Waals surface area contributed by atoms with Gasteiger partial charge in [-0.1, -0.05) is 12.1 Å². The second-order valence-electron chi connectivity index (χ2n) is 4.61. The first-order valence-electron chi connectivity index (χ1n) is 6.48. The first-order chi connectivity index (χ1) is 10.8. The topological polar surface area (TPSA) is 71.1 Å². The van der Waals surface area contributed by atoms with Crippen molar-refractivity contribution in [2.75, 3.05) is 10.6 Å². The van der Waals surface area contributed by atoms with E-state index in [1.165, 1.54) is 19.1 Å². The molecule has 0 aliphatic rings. The van der Waals surface area contributed by atoms with E-state index >= 15 is 0 Å². The number of halogens is 3. The Hall–Kier alpha value is -2.90. The molecule has 0 saturated carbocycles. The van der Waals surface area contributed by atoms with Gasteiger partial charge in [0.1, 0.15) is 5.82 Å². The lowest BCUT2D eigenvalue weighted by atomic mass is 10.1. The fourth-order valence-electron chi connectivity index (χ4n) is 1.80. The highest BCUT2D eigenvalue weighted by molar-refractivity contribution is 6.09. The molecule has 2 amide bonds. The van der Waals surface area contributed by atoms with E-state index in [2.05, 4.69) is 15.6 Å². The van der Waals surface area contributed by atoms with Crippen molar-refractivity contribution in [1.29, 1.82) is 0 Å². The van der Waals surface area contributed by atoms with Crippen molar-refractivity contribution in [1.82, 2.24) is 4.98 Å². The predicted molar refractivity (Wildman–Crippen MR) is 77.9 cm³/mol. The summed E-state index contributed by atoms with van der Waals surface area (Å²) in [4.78, 5) is 26.9. The molecule has 8 heteroatoms. The molecule has 0 aliphatic heterocycles. The first kappa shape index (κ1) is 16.5. The number of hydrogen-bond acceptors (Lipinski definition) is 3. The summed E-state index contributed by atoms with van der Waals surface area (Å²) in [6.45, 7) is 1.30. The van der Waals surface area contributed by atoms with Gasteiger partial charge in [-0.05, 0) is 24.3 Å². The van der Waals surface area contributed by atoms with Gasteiger partial charge < -0.3 is 10.6 Å². The number of para-hydroxylation sites is 1. The number of rotatable bonds is 3. The van der Waals surface area contributed by atoms with E-state index in [0.29, 0.717) is 11.9 Å². The molecule has 0 spiro atoms. The van der Waals surface area contributed by atoms with Gasteiger partial charge in [0.05, 0.1) is 16.8 Å². The van der Waals surface area contributed by atoms with Crippen LogP contribution >= 0.6 is 0 Å². The monoisotopic (exact) mass is 323 g/mol. The zero-order valence-electron chi connectivity index (χ0n) is 11.9. The third-order valence-electron chi connectivity index (χ3n) is 2.81. The zero-order valence-corrected chi connectivity index (χ0v) is 11.9. The number of amides is 2. The molecule has 0 radical (unpaired) electrons. The van der Waals surface area contributed by atoms with Gasteiger partial charge in [-0.3, -0.25) is 9.59 Å². The minimum absolute atomic E-state index is 0.0272.